The Morgan fingerprint density at radius 1 is 1.17 bits per heavy atom. The van der Waals surface area contributed by atoms with Gasteiger partial charge in [-0.3, -0.25) is 9.59 Å². The molecule has 0 heterocycles. The molecule has 2 rings (SSSR count). The van der Waals surface area contributed by atoms with Crippen LogP contribution in [0.4, 0.5) is 4.39 Å². The summed E-state index contributed by atoms with van der Waals surface area (Å²) in [5.74, 6) is -0.461. The van der Waals surface area contributed by atoms with E-state index in [1.807, 2.05) is 32.9 Å². The largest absolute Gasteiger partial charge is 0.497 e. The molecule has 5 nitrogen and oxygen atoms in total. The third-order valence-electron chi connectivity index (χ3n) is 4.72. The van der Waals surface area contributed by atoms with Gasteiger partial charge in [0.2, 0.25) is 11.8 Å². The lowest BCUT2D eigenvalue weighted by molar-refractivity contribution is -0.141. The Bertz CT molecular complexity index is 851. The SMILES string of the molecule is CC[C@@H](C(=O)NC(C)C)N(Cc1ccc(OC)cc1)C(=O)Cc1c(F)cccc1Cl. The molecule has 0 aromatic heterocycles. The number of hydrogen-bond donors (Lipinski definition) is 1. The molecule has 0 radical (unpaired) electrons. The van der Waals surface area contributed by atoms with E-state index in [4.69, 9.17) is 16.3 Å². The van der Waals surface area contributed by atoms with Crippen molar-refractivity contribution >= 4 is 23.4 Å². The van der Waals surface area contributed by atoms with Gasteiger partial charge < -0.3 is 15.0 Å². The Hall–Kier alpha value is -2.60. The average Bonchev–Trinajstić information content (AvgIpc) is 2.70. The molecule has 0 aliphatic heterocycles. The number of hydrogen-bond acceptors (Lipinski definition) is 3. The van der Waals surface area contributed by atoms with Crippen LogP contribution >= 0.6 is 11.6 Å². The third kappa shape index (κ3) is 6.20. The fraction of sp³-hybridized carbons (Fsp3) is 0.391. The quantitative estimate of drug-likeness (QED) is 0.637. The lowest BCUT2D eigenvalue weighted by Crippen LogP contribution is -2.50. The van der Waals surface area contributed by atoms with Gasteiger partial charge >= 0.3 is 0 Å². The molecule has 0 bridgehead atoms. The maximum absolute atomic E-state index is 14.2. The fourth-order valence-electron chi connectivity index (χ4n) is 3.18. The van der Waals surface area contributed by atoms with Gasteiger partial charge in [0.1, 0.15) is 17.6 Å². The Morgan fingerprint density at radius 2 is 1.83 bits per heavy atom. The first kappa shape index (κ1) is 23.7. The Morgan fingerprint density at radius 3 is 2.37 bits per heavy atom. The van der Waals surface area contributed by atoms with Crippen molar-refractivity contribution in [1.29, 1.82) is 0 Å². The number of nitrogens with one attached hydrogen (secondary N) is 1. The molecule has 0 unspecified atom stereocenters. The van der Waals surface area contributed by atoms with Crippen molar-refractivity contribution in [3.63, 3.8) is 0 Å². The second kappa shape index (κ2) is 11.0. The average molecular weight is 435 g/mol. The highest BCUT2D eigenvalue weighted by Crippen LogP contribution is 2.22. The molecule has 2 amide bonds. The summed E-state index contributed by atoms with van der Waals surface area (Å²) in [6, 6.07) is 10.8. The lowest BCUT2D eigenvalue weighted by atomic mass is 10.1. The molecule has 0 spiro atoms. The van der Waals surface area contributed by atoms with E-state index in [9.17, 15) is 14.0 Å². The zero-order valence-corrected chi connectivity index (χ0v) is 18.5. The summed E-state index contributed by atoms with van der Waals surface area (Å²) in [5.41, 5.74) is 0.961. The Labute approximate surface area is 182 Å². The van der Waals surface area contributed by atoms with E-state index in [-0.39, 0.29) is 41.4 Å². The van der Waals surface area contributed by atoms with Crippen LogP contribution in [0.5, 0.6) is 5.75 Å². The Kier molecular flexibility index (Phi) is 8.66. The smallest absolute Gasteiger partial charge is 0.243 e. The monoisotopic (exact) mass is 434 g/mol. The Balaban J connectivity index is 2.34. The van der Waals surface area contributed by atoms with Crippen LogP contribution in [0.2, 0.25) is 5.02 Å². The molecule has 2 aromatic rings. The van der Waals surface area contributed by atoms with Crippen LogP contribution in [-0.4, -0.2) is 35.9 Å². The van der Waals surface area contributed by atoms with Gasteiger partial charge in [0.25, 0.3) is 0 Å². The number of benzene rings is 2. The third-order valence-corrected chi connectivity index (χ3v) is 5.07. The predicted molar refractivity (Wildman–Crippen MR) is 116 cm³/mol. The van der Waals surface area contributed by atoms with Gasteiger partial charge in [-0.25, -0.2) is 4.39 Å². The highest BCUT2D eigenvalue weighted by Gasteiger charge is 2.29. The molecule has 1 atom stereocenters. The van der Waals surface area contributed by atoms with Crippen LogP contribution in [0.3, 0.4) is 0 Å². The second-order valence-corrected chi connectivity index (χ2v) is 7.74. The van der Waals surface area contributed by atoms with Crippen LogP contribution in [0, 0.1) is 5.82 Å². The molecule has 30 heavy (non-hydrogen) atoms. The molecule has 0 saturated carbocycles. The fourth-order valence-corrected chi connectivity index (χ4v) is 3.41. The molecular formula is C23H28ClFN2O3. The highest BCUT2D eigenvalue weighted by atomic mass is 35.5. The van der Waals surface area contributed by atoms with Gasteiger partial charge in [0, 0.05) is 23.2 Å². The molecule has 0 saturated heterocycles. The summed E-state index contributed by atoms with van der Waals surface area (Å²) < 4.78 is 19.4. The van der Waals surface area contributed by atoms with Gasteiger partial charge in [-0.2, -0.15) is 0 Å². The zero-order valence-electron chi connectivity index (χ0n) is 17.7. The van der Waals surface area contributed by atoms with Crippen LogP contribution in [0.25, 0.3) is 0 Å². The number of ether oxygens (including phenoxy) is 1. The van der Waals surface area contributed by atoms with Gasteiger partial charge in [-0.05, 0) is 50.1 Å². The van der Waals surface area contributed by atoms with E-state index in [2.05, 4.69) is 5.32 Å². The van der Waals surface area contributed by atoms with Crippen molar-refractivity contribution in [2.75, 3.05) is 7.11 Å². The summed E-state index contributed by atoms with van der Waals surface area (Å²) in [6.07, 6.45) is 0.193. The van der Waals surface area contributed by atoms with Crippen molar-refractivity contribution in [3.8, 4) is 5.75 Å². The first-order chi connectivity index (χ1) is 14.3. The summed E-state index contributed by atoms with van der Waals surface area (Å²) in [4.78, 5) is 27.5. The van der Waals surface area contributed by atoms with Crippen LogP contribution < -0.4 is 10.1 Å². The van der Waals surface area contributed by atoms with Crippen LogP contribution in [-0.2, 0) is 22.6 Å². The lowest BCUT2D eigenvalue weighted by Gasteiger charge is -2.31. The maximum Gasteiger partial charge on any atom is 0.243 e. The van der Waals surface area contributed by atoms with E-state index in [1.165, 1.54) is 17.0 Å². The zero-order chi connectivity index (χ0) is 22.3. The topological polar surface area (TPSA) is 58.6 Å². The summed E-state index contributed by atoms with van der Waals surface area (Å²) >= 11 is 6.11. The summed E-state index contributed by atoms with van der Waals surface area (Å²) in [6.45, 7) is 5.77. The van der Waals surface area contributed by atoms with Crippen molar-refractivity contribution in [2.24, 2.45) is 0 Å². The maximum atomic E-state index is 14.2. The molecule has 0 aliphatic carbocycles. The minimum atomic E-state index is -0.687. The number of carbonyl (C=O) groups is 2. The molecule has 1 N–H and O–H groups in total. The summed E-state index contributed by atoms with van der Waals surface area (Å²) in [5, 5.41) is 3.05. The first-order valence-corrected chi connectivity index (χ1v) is 10.3. The van der Waals surface area contributed by atoms with E-state index >= 15 is 0 Å². The van der Waals surface area contributed by atoms with Gasteiger partial charge in [-0.15, -0.1) is 0 Å². The number of amides is 2. The van der Waals surface area contributed by atoms with Crippen molar-refractivity contribution < 1.29 is 18.7 Å². The molecule has 0 aliphatic rings. The van der Waals surface area contributed by atoms with Gasteiger partial charge in [0.05, 0.1) is 13.5 Å². The normalized spacial score (nSPS) is 11.8. The number of rotatable bonds is 9. The predicted octanol–water partition coefficient (Wildman–Crippen LogP) is 4.36. The van der Waals surface area contributed by atoms with Crippen LogP contribution in [0.15, 0.2) is 42.5 Å². The van der Waals surface area contributed by atoms with E-state index in [1.54, 1.807) is 25.3 Å². The van der Waals surface area contributed by atoms with Gasteiger partial charge in [-0.1, -0.05) is 36.7 Å². The number of carbonyl (C=O) groups excluding carboxylic acids is 2. The van der Waals surface area contributed by atoms with Crippen molar-refractivity contribution in [1.82, 2.24) is 10.2 Å². The van der Waals surface area contributed by atoms with Crippen molar-refractivity contribution in [2.45, 2.75) is 52.2 Å². The molecule has 0 fully saturated rings. The molecule has 2 aromatic carbocycles. The number of nitrogens with zero attached hydrogens (tertiary/aromatic N) is 1. The second-order valence-electron chi connectivity index (χ2n) is 7.33. The number of methoxy groups -OCH3 is 1. The first-order valence-electron chi connectivity index (χ1n) is 9.92. The van der Waals surface area contributed by atoms with Crippen molar-refractivity contribution in [3.05, 3.63) is 64.4 Å². The minimum Gasteiger partial charge on any atom is -0.497 e. The van der Waals surface area contributed by atoms with E-state index < -0.39 is 11.9 Å². The van der Waals surface area contributed by atoms with E-state index in [0.29, 0.717) is 12.2 Å². The molecule has 162 valence electrons. The summed E-state index contributed by atoms with van der Waals surface area (Å²) in [7, 11) is 1.58. The minimum absolute atomic E-state index is 0.0644. The van der Waals surface area contributed by atoms with E-state index in [0.717, 1.165) is 5.56 Å². The highest BCUT2D eigenvalue weighted by molar-refractivity contribution is 6.31. The van der Waals surface area contributed by atoms with Crippen LogP contribution in [0.1, 0.15) is 38.3 Å². The van der Waals surface area contributed by atoms with Gasteiger partial charge in [0.15, 0.2) is 0 Å². The molecule has 7 heteroatoms. The molecular weight excluding hydrogens is 407 g/mol. The standard InChI is InChI=1S/C23H28ClFN2O3/c1-5-21(23(29)26-15(2)3)27(14-16-9-11-17(30-4)12-10-16)22(28)13-18-19(24)7-6-8-20(18)25/h6-12,15,21H,5,13-14H2,1-4H3,(H,26,29)/t21-/m0/s1. The number of halogens is 2.